The molecule has 0 aliphatic carbocycles. The van der Waals surface area contributed by atoms with Gasteiger partial charge in [0, 0.05) is 29.1 Å². The first-order valence-electron chi connectivity index (χ1n) is 5.91. The lowest BCUT2D eigenvalue weighted by molar-refractivity contribution is -0.137. The van der Waals surface area contributed by atoms with E-state index in [1.165, 1.54) is 6.42 Å². The monoisotopic (exact) mass is 245 g/mol. The summed E-state index contributed by atoms with van der Waals surface area (Å²) in [4.78, 5) is 13.0. The van der Waals surface area contributed by atoms with Crippen molar-refractivity contribution in [2.45, 2.75) is 57.4 Å². The number of carboxylic acid groups (broad SMARTS) is 1. The second-order valence-electron chi connectivity index (χ2n) is 5.54. The van der Waals surface area contributed by atoms with Crippen molar-refractivity contribution in [2.75, 3.05) is 12.3 Å². The summed E-state index contributed by atoms with van der Waals surface area (Å²) in [6.45, 7) is 9.42. The van der Waals surface area contributed by atoms with Crippen LogP contribution in [0.3, 0.4) is 0 Å². The minimum atomic E-state index is -0.701. The Labute approximate surface area is 103 Å². The van der Waals surface area contributed by atoms with Gasteiger partial charge < -0.3 is 5.11 Å². The fourth-order valence-electron chi connectivity index (χ4n) is 2.29. The first-order valence-corrected chi connectivity index (χ1v) is 6.95. The van der Waals surface area contributed by atoms with Crippen molar-refractivity contribution in [3.05, 3.63) is 0 Å². The minimum absolute atomic E-state index is 0.0603. The van der Waals surface area contributed by atoms with Crippen molar-refractivity contribution in [1.29, 1.82) is 0 Å². The van der Waals surface area contributed by atoms with Gasteiger partial charge in [0.15, 0.2) is 0 Å². The Morgan fingerprint density at radius 1 is 1.50 bits per heavy atom. The van der Waals surface area contributed by atoms with Crippen LogP contribution in [0.5, 0.6) is 0 Å². The summed E-state index contributed by atoms with van der Waals surface area (Å²) in [6.07, 6.45) is 1.42. The highest BCUT2D eigenvalue weighted by Crippen LogP contribution is 2.32. The third kappa shape index (κ3) is 3.98. The third-order valence-corrected chi connectivity index (χ3v) is 4.38. The smallest absolute Gasteiger partial charge is 0.304 e. The number of thioether (sulfide) groups is 1. The number of hydrogen-bond acceptors (Lipinski definition) is 3. The fourth-order valence-corrected chi connectivity index (χ4v) is 3.52. The normalized spacial score (nSPS) is 26.3. The standard InChI is InChI=1S/C12H23NO2S/c1-9-7-10(8-16-9)13(12(2,3)4)6-5-11(14)15/h9-10H,5-8H2,1-4H3,(H,14,15). The molecule has 1 rings (SSSR count). The molecule has 0 saturated carbocycles. The molecule has 0 aromatic rings. The van der Waals surface area contributed by atoms with Crippen LogP contribution in [0.4, 0.5) is 0 Å². The van der Waals surface area contributed by atoms with E-state index in [2.05, 4.69) is 32.6 Å². The van der Waals surface area contributed by atoms with Gasteiger partial charge in [-0.25, -0.2) is 0 Å². The molecule has 1 heterocycles. The van der Waals surface area contributed by atoms with Gasteiger partial charge in [-0.2, -0.15) is 11.8 Å². The lowest BCUT2D eigenvalue weighted by Crippen LogP contribution is -2.49. The topological polar surface area (TPSA) is 40.5 Å². The van der Waals surface area contributed by atoms with Crippen LogP contribution in [0.1, 0.15) is 40.5 Å². The highest BCUT2D eigenvalue weighted by atomic mass is 32.2. The van der Waals surface area contributed by atoms with Gasteiger partial charge in [-0.05, 0) is 27.2 Å². The van der Waals surface area contributed by atoms with E-state index in [-0.39, 0.29) is 12.0 Å². The van der Waals surface area contributed by atoms with E-state index in [9.17, 15) is 4.79 Å². The van der Waals surface area contributed by atoms with Crippen molar-refractivity contribution in [3.63, 3.8) is 0 Å². The predicted octanol–water partition coefficient (Wildman–Crippen LogP) is 2.46. The van der Waals surface area contributed by atoms with Gasteiger partial charge in [-0.1, -0.05) is 6.92 Å². The predicted molar refractivity (Wildman–Crippen MR) is 69.0 cm³/mol. The first-order chi connectivity index (χ1) is 7.30. The second kappa shape index (κ2) is 5.41. The zero-order valence-electron chi connectivity index (χ0n) is 10.7. The van der Waals surface area contributed by atoms with Crippen LogP contribution in [-0.2, 0) is 4.79 Å². The minimum Gasteiger partial charge on any atom is -0.481 e. The Morgan fingerprint density at radius 2 is 2.12 bits per heavy atom. The van der Waals surface area contributed by atoms with Crippen LogP contribution in [0.15, 0.2) is 0 Å². The number of carboxylic acids is 1. The molecule has 2 atom stereocenters. The molecule has 0 aromatic carbocycles. The molecule has 3 nitrogen and oxygen atoms in total. The maximum absolute atomic E-state index is 10.7. The average molecular weight is 245 g/mol. The summed E-state index contributed by atoms with van der Waals surface area (Å²) in [6, 6.07) is 0.541. The molecule has 1 aliphatic rings. The van der Waals surface area contributed by atoms with Crippen LogP contribution in [0.2, 0.25) is 0 Å². The SMILES string of the molecule is CC1CC(N(CCC(=O)O)C(C)(C)C)CS1. The van der Waals surface area contributed by atoms with Crippen LogP contribution >= 0.6 is 11.8 Å². The average Bonchev–Trinajstić information content (AvgIpc) is 2.49. The molecule has 16 heavy (non-hydrogen) atoms. The van der Waals surface area contributed by atoms with Gasteiger partial charge >= 0.3 is 5.97 Å². The first kappa shape index (κ1) is 13.8. The molecule has 1 aliphatic heterocycles. The van der Waals surface area contributed by atoms with E-state index in [1.807, 2.05) is 11.8 Å². The molecule has 0 amide bonds. The second-order valence-corrected chi connectivity index (χ2v) is 7.01. The number of rotatable bonds is 4. The molecule has 1 N–H and O–H groups in total. The molecular formula is C12H23NO2S. The van der Waals surface area contributed by atoms with Crippen molar-refractivity contribution in [1.82, 2.24) is 4.90 Å². The Balaban J connectivity index is 2.60. The quantitative estimate of drug-likeness (QED) is 0.826. The van der Waals surface area contributed by atoms with E-state index in [4.69, 9.17) is 5.11 Å². The van der Waals surface area contributed by atoms with Gasteiger partial charge in [0.2, 0.25) is 0 Å². The maximum atomic E-state index is 10.7. The Bertz CT molecular complexity index is 250. The highest BCUT2D eigenvalue weighted by Gasteiger charge is 2.33. The fraction of sp³-hybridized carbons (Fsp3) is 0.917. The van der Waals surface area contributed by atoms with Gasteiger partial charge in [-0.15, -0.1) is 0 Å². The maximum Gasteiger partial charge on any atom is 0.304 e. The molecule has 1 fully saturated rings. The van der Waals surface area contributed by atoms with Gasteiger partial charge in [0.1, 0.15) is 0 Å². The number of hydrogen-bond donors (Lipinski definition) is 1. The van der Waals surface area contributed by atoms with Crippen molar-refractivity contribution in [2.24, 2.45) is 0 Å². The Morgan fingerprint density at radius 3 is 2.50 bits per heavy atom. The van der Waals surface area contributed by atoms with Crippen LogP contribution < -0.4 is 0 Å². The van der Waals surface area contributed by atoms with Crippen molar-refractivity contribution in [3.8, 4) is 0 Å². The summed E-state index contributed by atoms with van der Waals surface area (Å²) < 4.78 is 0. The number of aliphatic carboxylic acids is 1. The Hall–Kier alpha value is -0.220. The summed E-state index contributed by atoms with van der Waals surface area (Å²) in [5, 5.41) is 9.50. The van der Waals surface area contributed by atoms with E-state index in [0.717, 1.165) is 5.75 Å². The van der Waals surface area contributed by atoms with Crippen molar-refractivity contribution < 1.29 is 9.90 Å². The molecule has 0 radical (unpaired) electrons. The largest absolute Gasteiger partial charge is 0.481 e. The number of carbonyl (C=O) groups is 1. The molecule has 0 bridgehead atoms. The van der Waals surface area contributed by atoms with Gasteiger partial charge in [0.25, 0.3) is 0 Å². The zero-order valence-corrected chi connectivity index (χ0v) is 11.5. The van der Waals surface area contributed by atoms with E-state index in [0.29, 0.717) is 17.8 Å². The lowest BCUT2D eigenvalue weighted by atomic mass is 10.0. The van der Waals surface area contributed by atoms with Gasteiger partial charge in [-0.3, -0.25) is 9.69 Å². The molecular weight excluding hydrogens is 222 g/mol. The van der Waals surface area contributed by atoms with Crippen molar-refractivity contribution >= 4 is 17.7 Å². The molecule has 2 unspecified atom stereocenters. The third-order valence-electron chi connectivity index (χ3n) is 3.05. The lowest BCUT2D eigenvalue weighted by Gasteiger charge is -2.40. The zero-order chi connectivity index (χ0) is 12.3. The summed E-state index contributed by atoms with van der Waals surface area (Å²) in [7, 11) is 0. The molecule has 0 spiro atoms. The molecule has 4 heteroatoms. The molecule has 94 valence electrons. The Kier molecular flexibility index (Phi) is 4.68. The van der Waals surface area contributed by atoms with Gasteiger partial charge in [0.05, 0.1) is 6.42 Å². The highest BCUT2D eigenvalue weighted by molar-refractivity contribution is 8.00. The number of nitrogens with zero attached hydrogens (tertiary/aromatic N) is 1. The molecule has 1 saturated heterocycles. The summed E-state index contributed by atoms with van der Waals surface area (Å²) in [5.41, 5.74) is 0.0603. The van der Waals surface area contributed by atoms with Crippen LogP contribution in [-0.4, -0.2) is 45.1 Å². The molecule has 0 aromatic heterocycles. The van der Waals surface area contributed by atoms with E-state index < -0.39 is 5.97 Å². The summed E-state index contributed by atoms with van der Waals surface area (Å²) in [5.74, 6) is 0.436. The van der Waals surface area contributed by atoms with E-state index in [1.54, 1.807) is 0 Å². The van der Waals surface area contributed by atoms with Crippen LogP contribution in [0, 0.1) is 0 Å². The summed E-state index contributed by atoms with van der Waals surface area (Å²) >= 11 is 1.99. The van der Waals surface area contributed by atoms with E-state index >= 15 is 0 Å². The van der Waals surface area contributed by atoms with Crippen LogP contribution in [0.25, 0.3) is 0 Å².